The fraction of sp³-hybridized carbons (Fsp3) is 0.727. The van der Waals surface area contributed by atoms with E-state index in [1.165, 1.54) is 0 Å². The monoisotopic (exact) mass is 199 g/mol. The van der Waals surface area contributed by atoms with Gasteiger partial charge in [-0.25, -0.2) is 4.79 Å². The summed E-state index contributed by atoms with van der Waals surface area (Å²) in [7, 11) is 0. The molecule has 0 heterocycles. The minimum absolute atomic E-state index is 0.231. The fourth-order valence-corrected chi connectivity index (χ4v) is 1.24. The van der Waals surface area contributed by atoms with E-state index in [0.717, 1.165) is 19.3 Å². The zero-order valence-electron chi connectivity index (χ0n) is 9.38. The van der Waals surface area contributed by atoms with E-state index in [1.807, 2.05) is 0 Å². The highest BCUT2D eigenvalue weighted by molar-refractivity contribution is 5.87. The van der Waals surface area contributed by atoms with Crippen LogP contribution in [0.4, 0.5) is 0 Å². The fourth-order valence-electron chi connectivity index (χ4n) is 1.24. The van der Waals surface area contributed by atoms with Crippen LogP contribution in [0.5, 0.6) is 0 Å². The summed E-state index contributed by atoms with van der Waals surface area (Å²) in [5.41, 5.74) is 5.77. The zero-order valence-corrected chi connectivity index (χ0v) is 9.38. The maximum absolute atomic E-state index is 11.1. The van der Waals surface area contributed by atoms with Crippen LogP contribution >= 0.6 is 0 Å². The van der Waals surface area contributed by atoms with Gasteiger partial charge in [0.05, 0.1) is 6.61 Å². The third-order valence-corrected chi connectivity index (χ3v) is 2.03. The molecule has 0 bridgehead atoms. The van der Waals surface area contributed by atoms with E-state index in [2.05, 4.69) is 13.8 Å². The van der Waals surface area contributed by atoms with Crippen molar-refractivity contribution < 1.29 is 9.53 Å². The molecule has 1 unspecified atom stereocenters. The Morgan fingerprint density at radius 2 is 2.14 bits per heavy atom. The molecule has 0 aliphatic heterocycles. The molecule has 0 aromatic carbocycles. The number of rotatable bonds is 6. The molecule has 3 nitrogen and oxygen atoms in total. The number of ether oxygens (including phenoxy) is 1. The van der Waals surface area contributed by atoms with E-state index in [9.17, 15) is 4.79 Å². The number of hydrogen-bond donors (Lipinski definition) is 1. The molecule has 0 radical (unpaired) electrons. The number of carbonyl (C=O) groups excluding carboxylic acids is 1. The standard InChI is InChI=1S/C11H21NO2/c1-4-6-9(3)7-8-10(12)11(13)14-5-2/h8-9H,4-7,12H2,1-3H3. The molecule has 0 aromatic rings. The van der Waals surface area contributed by atoms with Crippen LogP contribution in [0.2, 0.25) is 0 Å². The Bertz CT molecular complexity index is 199. The van der Waals surface area contributed by atoms with Crippen molar-refractivity contribution in [3.8, 4) is 0 Å². The Labute approximate surface area is 86.3 Å². The molecule has 0 spiro atoms. The first-order chi connectivity index (χ1) is 6.61. The summed E-state index contributed by atoms with van der Waals surface area (Å²) in [4.78, 5) is 11.1. The minimum atomic E-state index is -0.406. The summed E-state index contributed by atoms with van der Waals surface area (Å²) < 4.78 is 4.76. The lowest BCUT2D eigenvalue weighted by Crippen LogP contribution is -2.14. The Balaban J connectivity index is 3.91. The molecule has 0 amide bonds. The number of nitrogens with two attached hydrogens (primary N) is 1. The van der Waals surface area contributed by atoms with Gasteiger partial charge in [0, 0.05) is 0 Å². The van der Waals surface area contributed by atoms with Gasteiger partial charge in [-0.15, -0.1) is 0 Å². The van der Waals surface area contributed by atoms with Gasteiger partial charge in [0.1, 0.15) is 5.70 Å². The Morgan fingerprint density at radius 3 is 2.64 bits per heavy atom. The number of carbonyl (C=O) groups is 1. The van der Waals surface area contributed by atoms with E-state index in [-0.39, 0.29) is 5.70 Å². The van der Waals surface area contributed by atoms with E-state index in [0.29, 0.717) is 12.5 Å². The average Bonchev–Trinajstić information content (AvgIpc) is 2.15. The highest BCUT2D eigenvalue weighted by Gasteiger charge is 2.06. The molecule has 0 saturated heterocycles. The lowest BCUT2D eigenvalue weighted by Gasteiger charge is -2.06. The van der Waals surface area contributed by atoms with Crippen LogP contribution in [0.25, 0.3) is 0 Å². The van der Waals surface area contributed by atoms with Crippen molar-refractivity contribution in [1.29, 1.82) is 0 Å². The lowest BCUT2D eigenvalue weighted by molar-refractivity contribution is -0.138. The summed E-state index contributed by atoms with van der Waals surface area (Å²) in [6, 6.07) is 0. The van der Waals surface area contributed by atoms with Gasteiger partial charge >= 0.3 is 5.97 Å². The number of hydrogen-bond acceptors (Lipinski definition) is 3. The summed E-state index contributed by atoms with van der Waals surface area (Å²) >= 11 is 0. The molecule has 1 atom stereocenters. The zero-order chi connectivity index (χ0) is 11.0. The molecule has 0 aromatic heterocycles. The second-order valence-corrected chi connectivity index (χ2v) is 3.51. The van der Waals surface area contributed by atoms with Crippen molar-refractivity contribution in [2.75, 3.05) is 6.61 Å². The molecule has 0 fully saturated rings. The number of esters is 1. The maximum Gasteiger partial charge on any atom is 0.353 e. The summed E-state index contributed by atoms with van der Waals surface area (Å²) in [6.07, 6.45) is 4.93. The summed E-state index contributed by atoms with van der Waals surface area (Å²) in [5.74, 6) is 0.171. The van der Waals surface area contributed by atoms with Crippen LogP contribution in [-0.4, -0.2) is 12.6 Å². The van der Waals surface area contributed by atoms with Crippen molar-refractivity contribution in [3.05, 3.63) is 11.8 Å². The maximum atomic E-state index is 11.1. The molecule has 0 saturated carbocycles. The molecule has 0 aliphatic rings. The highest BCUT2D eigenvalue weighted by atomic mass is 16.5. The van der Waals surface area contributed by atoms with E-state index in [1.54, 1.807) is 13.0 Å². The SMILES string of the molecule is CCCC(C)CC=C(N)C(=O)OCC. The van der Waals surface area contributed by atoms with Gasteiger partial charge in [-0.05, 0) is 19.3 Å². The molecule has 2 N–H and O–H groups in total. The van der Waals surface area contributed by atoms with Crippen LogP contribution in [0, 0.1) is 5.92 Å². The largest absolute Gasteiger partial charge is 0.461 e. The average molecular weight is 199 g/mol. The summed E-state index contributed by atoms with van der Waals surface area (Å²) in [5, 5.41) is 0. The van der Waals surface area contributed by atoms with E-state index < -0.39 is 5.97 Å². The first-order valence-electron chi connectivity index (χ1n) is 5.24. The third-order valence-electron chi connectivity index (χ3n) is 2.03. The number of allylic oxidation sites excluding steroid dienone is 1. The minimum Gasteiger partial charge on any atom is -0.461 e. The normalized spacial score (nSPS) is 13.8. The predicted octanol–water partition coefficient (Wildman–Crippen LogP) is 2.22. The lowest BCUT2D eigenvalue weighted by atomic mass is 10.0. The Hall–Kier alpha value is -0.990. The third kappa shape index (κ3) is 5.62. The van der Waals surface area contributed by atoms with Crippen molar-refractivity contribution in [3.63, 3.8) is 0 Å². The van der Waals surface area contributed by atoms with Gasteiger partial charge in [-0.3, -0.25) is 0 Å². The van der Waals surface area contributed by atoms with Gasteiger partial charge in [0.25, 0.3) is 0 Å². The van der Waals surface area contributed by atoms with Crippen LogP contribution in [0.15, 0.2) is 11.8 Å². The topological polar surface area (TPSA) is 52.3 Å². The quantitative estimate of drug-likeness (QED) is 0.527. The first-order valence-corrected chi connectivity index (χ1v) is 5.24. The van der Waals surface area contributed by atoms with Crippen LogP contribution in [0.1, 0.15) is 40.0 Å². The molecule has 3 heteroatoms. The van der Waals surface area contributed by atoms with Crippen LogP contribution in [-0.2, 0) is 9.53 Å². The van der Waals surface area contributed by atoms with Crippen molar-refractivity contribution in [2.24, 2.45) is 11.7 Å². The van der Waals surface area contributed by atoms with Gasteiger partial charge in [-0.2, -0.15) is 0 Å². The smallest absolute Gasteiger partial charge is 0.353 e. The predicted molar refractivity (Wildman–Crippen MR) is 57.6 cm³/mol. The molecular weight excluding hydrogens is 178 g/mol. The summed E-state index contributed by atoms with van der Waals surface area (Å²) in [6.45, 7) is 6.44. The molecule has 82 valence electrons. The van der Waals surface area contributed by atoms with Gasteiger partial charge in [0.15, 0.2) is 0 Å². The Morgan fingerprint density at radius 1 is 1.50 bits per heavy atom. The van der Waals surface area contributed by atoms with Crippen LogP contribution in [0.3, 0.4) is 0 Å². The van der Waals surface area contributed by atoms with Crippen LogP contribution < -0.4 is 5.73 Å². The van der Waals surface area contributed by atoms with E-state index in [4.69, 9.17) is 10.5 Å². The molecule has 0 aliphatic carbocycles. The van der Waals surface area contributed by atoms with Crippen molar-refractivity contribution >= 4 is 5.97 Å². The van der Waals surface area contributed by atoms with Gasteiger partial charge in [0.2, 0.25) is 0 Å². The van der Waals surface area contributed by atoms with Crippen molar-refractivity contribution in [2.45, 2.75) is 40.0 Å². The second-order valence-electron chi connectivity index (χ2n) is 3.51. The van der Waals surface area contributed by atoms with E-state index >= 15 is 0 Å². The molecule has 14 heavy (non-hydrogen) atoms. The van der Waals surface area contributed by atoms with Crippen molar-refractivity contribution in [1.82, 2.24) is 0 Å². The molecule has 0 rings (SSSR count). The second kappa shape index (κ2) is 7.42. The van der Waals surface area contributed by atoms with Gasteiger partial charge < -0.3 is 10.5 Å². The van der Waals surface area contributed by atoms with Gasteiger partial charge in [-0.1, -0.05) is 32.8 Å². The first kappa shape index (κ1) is 13.0. The molecular formula is C11H21NO2. The highest BCUT2D eigenvalue weighted by Crippen LogP contribution is 2.11. The Kier molecular flexibility index (Phi) is 6.89.